The van der Waals surface area contributed by atoms with Crippen molar-refractivity contribution in [3.8, 4) is 11.5 Å². The first kappa shape index (κ1) is 32.2. The molecule has 0 radical (unpaired) electrons. The predicted octanol–water partition coefficient (Wildman–Crippen LogP) is 3.98. The Labute approximate surface area is 264 Å². The number of anilines is 2. The molecule has 1 spiro atoms. The maximum absolute atomic E-state index is 14.6. The van der Waals surface area contributed by atoms with Gasteiger partial charge < -0.3 is 34.0 Å². The highest BCUT2D eigenvalue weighted by molar-refractivity contribution is 6.06. The molecule has 1 N–H and O–H groups in total. The lowest BCUT2D eigenvalue weighted by Crippen LogP contribution is -2.56. The van der Waals surface area contributed by atoms with E-state index in [2.05, 4.69) is 13.2 Å². The number of carbonyl (C=O) groups is 3. The van der Waals surface area contributed by atoms with Crippen LogP contribution in [0.1, 0.15) is 32.6 Å². The highest BCUT2D eigenvalue weighted by Crippen LogP contribution is 2.59. The third-order valence-corrected chi connectivity index (χ3v) is 9.13. The van der Waals surface area contributed by atoms with Gasteiger partial charge in [0, 0.05) is 37.6 Å². The highest BCUT2D eigenvalue weighted by atomic mass is 16.5. The monoisotopic (exact) mass is 617 g/mol. The summed E-state index contributed by atoms with van der Waals surface area (Å²) in [5.41, 5.74) is 0.147. The fourth-order valence-corrected chi connectivity index (χ4v) is 7.23. The molecule has 0 aliphatic carbocycles. The number of likely N-dealkylation sites (tertiary alicyclic amines) is 1. The predicted molar refractivity (Wildman–Crippen MR) is 171 cm³/mol. The maximum Gasteiger partial charge on any atom is 0.253 e. The van der Waals surface area contributed by atoms with E-state index in [1.165, 1.54) is 0 Å². The van der Waals surface area contributed by atoms with Crippen molar-refractivity contribution in [2.45, 2.75) is 50.4 Å². The summed E-state index contributed by atoms with van der Waals surface area (Å²) in [6.45, 7) is 10.9. The Morgan fingerprint density at radius 3 is 2.16 bits per heavy atom. The van der Waals surface area contributed by atoms with E-state index in [0.29, 0.717) is 55.2 Å². The fourth-order valence-electron chi connectivity index (χ4n) is 7.23. The van der Waals surface area contributed by atoms with E-state index in [1.54, 1.807) is 58.2 Å². The Kier molecular flexibility index (Phi) is 9.94. The van der Waals surface area contributed by atoms with Crippen LogP contribution in [0.5, 0.6) is 11.5 Å². The van der Waals surface area contributed by atoms with Gasteiger partial charge in [-0.05, 0) is 81.1 Å². The molecule has 3 saturated heterocycles. The summed E-state index contributed by atoms with van der Waals surface area (Å²) >= 11 is 0. The molecule has 5 atom stereocenters. The Hall–Kier alpha value is -4.15. The van der Waals surface area contributed by atoms with Crippen molar-refractivity contribution in [3.05, 3.63) is 73.8 Å². The van der Waals surface area contributed by atoms with Gasteiger partial charge in [0.15, 0.2) is 0 Å². The largest absolute Gasteiger partial charge is 0.497 e. The third kappa shape index (κ3) is 5.84. The Bertz CT molecular complexity index is 1390. The molecule has 2 bridgehead atoms. The summed E-state index contributed by atoms with van der Waals surface area (Å²) in [4.78, 5) is 48.3. The molecule has 3 fully saturated rings. The molecule has 0 saturated carbocycles. The van der Waals surface area contributed by atoms with Crippen LogP contribution in [0.4, 0.5) is 11.4 Å². The fraction of sp³-hybridized carbons (Fsp3) is 0.457. The van der Waals surface area contributed by atoms with Gasteiger partial charge in [-0.3, -0.25) is 14.4 Å². The topological polar surface area (TPSA) is 109 Å². The van der Waals surface area contributed by atoms with E-state index in [0.717, 1.165) is 0 Å². The molecule has 3 aliphatic heterocycles. The van der Waals surface area contributed by atoms with Crippen LogP contribution < -0.4 is 19.3 Å². The van der Waals surface area contributed by atoms with Crippen LogP contribution in [-0.2, 0) is 19.1 Å². The average molecular weight is 618 g/mol. The third-order valence-electron chi connectivity index (χ3n) is 9.13. The van der Waals surface area contributed by atoms with Crippen LogP contribution in [0.3, 0.4) is 0 Å². The molecule has 0 aromatic heterocycles. The lowest BCUT2D eigenvalue weighted by Gasteiger charge is -2.37. The van der Waals surface area contributed by atoms with Crippen molar-refractivity contribution >= 4 is 29.1 Å². The molecule has 3 aliphatic rings. The number of hydrogen-bond acceptors (Lipinski definition) is 7. The number of hydrogen-bond donors (Lipinski definition) is 1. The van der Waals surface area contributed by atoms with E-state index in [1.807, 2.05) is 31.2 Å². The number of rotatable bonds is 15. The molecule has 45 heavy (non-hydrogen) atoms. The molecular weight excluding hydrogens is 574 g/mol. The van der Waals surface area contributed by atoms with Crippen molar-refractivity contribution in [3.63, 3.8) is 0 Å². The van der Waals surface area contributed by atoms with Crippen LogP contribution in [0, 0.1) is 11.8 Å². The summed E-state index contributed by atoms with van der Waals surface area (Å²) in [7, 11) is 1.58. The van der Waals surface area contributed by atoms with Gasteiger partial charge in [0.1, 0.15) is 23.1 Å². The van der Waals surface area contributed by atoms with Crippen molar-refractivity contribution in [1.82, 2.24) is 4.90 Å². The summed E-state index contributed by atoms with van der Waals surface area (Å²) in [5, 5.41) is 9.49. The smallest absolute Gasteiger partial charge is 0.253 e. The van der Waals surface area contributed by atoms with E-state index < -0.39 is 29.6 Å². The van der Waals surface area contributed by atoms with E-state index in [-0.39, 0.29) is 44.0 Å². The summed E-state index contributed by atoms with van der Waals surface area (Å²) < 4.78 is 17.6. The zero-order valence-corrected chi connectivity index (χ0v) is 26.1. The molecule has 2 aromatic carbocycles. The number of ether oxygens (including phenoxy) is 3. The summed E-state index contributed by atoms with van der Waals surface area (Å²) in [6, 6.07) is 13.5. The van der Waals surface area contributed by atoms with E-state index in [9.17, 15) is 19.5 Å². The van der Waals surface area contributed by atoms with Gasteiger partial charge in [0.05, 0.1) is 31.7 Å². The van der Waals surface area contributed by atoms with Crippen LogP contribution in [0.15, 0.2) is 73.8 Å². The van der Waals surface area contributed by atoms with Crippen LogP contribution in [-0.4, -0.2) is 85.4 Å². The molecule has 240 valence electrons. The van der Waals surface area contributed by atoms with Gasteiger partial charge in [-0.25, -0.2) is 0 Å². The summed E-state index contributed by atoms with van der Waals surface area (Å²) in [5.74, 6) is -1.01. The first-order chi connectivity index (χ1) is 21.8. The molecule has 2 unspecified atom stereocenters. The van der Waals surface area contributed by atoms with Crippen molar-refractivity contribution in [2.75, 3.05) is 49.8 Å². The molecule has 10 heteroatoms. The quantitative estimate of drug-likeness (QED) is 0.238. The number of nitrogens with zero attached hydrogens (tertiary/aromatic N) is 3. The number of aliphatic hydroxyl groups is 1. The first-order valence-corrected chi connectivity index (χ1v) is 15.7. The minimum atomic E-state index is -1.15. The van der Waals surface area contributed by atoms with Gasteiger partial charge in [-0.2, -0.15) is 0 Å². The molecule has 10 nitrogen and oxygen atoms in total. The second-order valence-electron chi connectivity index (χ2n) is 11.6. The zero-order valence-electron chi connectivity index (χ0n) is 26.1. The Morgan fingerprint density at radius 1 is 1.00 bits per heavy atom. The molecule has 5 rings (SSSR count). The maximum atomic E-state index is 14.6. The number of amides is 3. The van der Waals surface area contributed by atoms with Gasteiger partial charge in [-0.15, -0.1) is 13.2 Å². The molecule has 2 aromatic rings. The lowest BCUT2D eigenvalue weighted by atomic mass is 9.70. The standard InChI is InChI=1S/C35H43N3O7/c1-5-20-36(24-12-16-27(17-13-24)44-7-3)32(40)29-28-18-19-35(45-28)30(29)33(41)38(22-8-9-23-39)31(35)34(42)37(21-6-2)25-10-14-26(43-4)15-11-25/h5-6,10-17,28-31,39H,1-2,7-9,18-23H2,3-4H3/t28-,29+,30-,31?,35?/m0/s1. The summed E-state index contributed by atoms with van der Waals surface area (Å²) in [6.07, 6.45) is 4.84. The van der Waals surface area contributed by atoms with Gasteiger partial charge in [-0.1, -0.05) is 12.2 Å². The SMILES string of the molecule is C=CCN(C(=O)C1N(CCCCO)C(=O)[C@@H]2[C@H](C(=O)N(CC=C)c3ccc(OCC)cc3)[C@@H]3CCC12O3)c1ccc(OC)cc1. The normalized spacial score (nSPS) is 24.7. The molecule has 3 amide bonds. The van der Waals surface area contributed by atoms with Gasteiger partial charge in [0.25, 0.3) is 5.91 Å². The van der Waals surface area contributed by atoms with Crippen molar-refractivity contribution in [2.24, 2.45) is 11.8 Å². The number of benzene rings is 2. The Balaban J connectivity index is 1.51. The van der Waals surface area contributed by atoms with E-state index in [4.69, 9.17) is 14.2 Å². The molecular formula is C35H43N3O7. The Morgan fingerprint density at radius 2 is 1.60 bits per heavy atom. The number of carbonyl (C=O) groups excluding carboxylic acids is 3. The highest BCUT2D eigenvalue weighted by Gasteiger charge is 2.74. The lowest BCUT2D eigenvalue weighted by molar-refractivity contribution is -0.140. The minimum Gasteiger partial charge on any atom is -0.497 e. The average Bonchev–Trinajstić information content (AvgIpc) is 3.70. The second kappa shape index (κ2) is 13.9. The number of fused-ring (bicyclic) bond motifs is 1. The number of aliphatic hydroxyl groups excluding tert-OH is 1. The van der Waals surface area contributed by atoms with Crippen LogP contribution in [0.2, 0.25) is 0 Å². The van der Waals surface area contributed by atoms with Crippen molar-refractivity contribution < 1.29 is 33.7 Å². The van der Waals surface area contributed by atoms with Gasteiger partial charge >= 0.3 is 0 Å². The second-order valence-corrected chi connectivity index (χ2v) is 11.6. The van der Waals surface area contributed by atoms with E-state index >= 15 is 0 Å². The molecule has 3 heterocycles. The van der Waals surface area contributed by atoms with Crippen LogP contribution in [0.25, 0.3) is 0 Å². The minimum absolute atomic E-state index is 0.0259. The van der Waals surface area contributed by atoms with Gasteiger partial charge in [0.2, 0.25) is 11.8 Å². The number of methoxy groups -OCH3 is 1. The van der Waals surface area contributed by atoms with Crippen LogP contribution >= 0.6 is 0 Å². The zero-order chi connectivity index (χ0) is 32.1. The van der Waals surface area contributed by atoms with Crippen molar-refractivity contribution in [1.29, 1.82) is 0 Å². The first-order valence-electron chi connectivity index (χ1n) is 15.7. The number of unbranched alkanes of at least 4 members (excludes halogenated alkanes) is 1.